The number of nitrogens with zero attached hydrogens (tertiary/aromatic N) is 1. The number of nitrogens with one attached hydrogen (secondary N) is 1. The van der Waals surface area contributed by atoms with Crippen molar-refractivity contribution in [2.24, 2.45) is 0 Å². The largest absolute Gasteiger partial charge is 0.465 e. The highest BCUT2D eigenvalue weighted by atomic mass is 19.1. The van der Waals surface area contributed by atoms with Gasteiger partial charge in [-0.25, -0.2) is 9.18 Å². The van der Waals surface area contributed by atoms with Crippen molar-refractivity contribution in [3.8, 4) is 0 Å². The van der Waals surface area contributed by atoms with Gasteiger partial charge < -0.3 is 14.6 Å². The Balaban J connectivity index is 2.10. The fraction of sp³-hybridized carbons (Fsp3) is 0.267. The Morgan fingerprint density at radius 2 is 2.20 bits per heavy atom. The number of hydrogen-bond acceptors (Lipinski definition) is 3. The van der Waals surface area contributed by atoms with E-state index in [-0.39, 0.29) is 5.69 Å². The predicted molar refractivity (Wildman–Crippen MR) is 75.2 cm³/mol. The summed E-state index contributed by atoms with van der Waals surface area (Å²) < 4.78 is 20.4. The van der Waals surface area contributed by atoms with E-state index in [0.29, 0.717) is 12.1 Å². The van der Waals surface area contributed by atoms with E-state index in [4.69, 9.17) is 0 Å². The zero-order valence-electron chi connectivity index (χ0n) is 11.5. The van der Waals surface area contributed by atoms with Gasteiger partial charge in [-0.05, 0) is 36.8 Å². The first-order valence-corrected chi connectivity index (χ1v) is 6.40. The average Bonchev–Trinajstić information content (AvgIpc) is 2.93. The molecule has 1 heterocycles. The molecule has 20 heavy (non-hydrogen) atoms. The lowest BCUT2D eigenvalue weighted by Gasteiger charge is -2.08. The van der Waals surface area contributed by atoms with E-state index in [1.165, 1.54) is 25.3 Å². The van der Waals surface area contributed by atoms with Gasteiger partial charge in [0.05, 0.1) is 18.4 Å². The van der Waals surface area contributed by atoms with E-state index in [0.717, 1.165) is 12.1 Å². The van der Waals surface area contributed by atoms with Crippen molar-refractivity contribution in [1.29, 1.82) is 0 Å². The van der Waals surface area contributed by atoms with Crippen molar-refractivity contribution in [2.45, 2.75) is 20.0 Å². The molecule has 1 aromatic carbocycles. The molecule has 5 heteroatoms. The molecule has 1 aromatic heterocycles. The Morgan fingerprint density at radius 3 is 2.85 bits per heavy atom. The number of ether oxygens (including phenoxy) is 1. The number of methoxy groups -OCH3 is 1. The second kappa shape index (κ2) is 6.23. The van der Waals surface area contributed by atoms with Crippen LogP contribution < -0.4 is 5.32 Å². The second-order valence-electron chi connectivity index (χ2n) is 4.39. The van der Waals surface area contributed by atoms with Gasteiger partial charge in [-0.15, -0.1) is 0 Å². The van der Waals surface area contributed by atoms with Crippen molar-refractivity contribution in [3.05, 3.63) is 53.6 Å². The predicted octanol–water partition coefficient (Wildman–Crippen LogP) is 3.05. The van der Waals surface area contributed by atoms with Gasteiger partial charge in [-0.1, -0.05) is 0 Å². The molecule has 2 aromatic rings. The van der Waals surface area contributed by atoms with Gasteiger partial charge in [0.2, 0.25) is 0 Å². The molecular formula is C15H17FN2O2. The molecule has 0 amide bonds. The number of halogens is 1. The minimum atomic E-state index is -0.481. The quantitative estimate of drug-likeness (QED) is 0.854. The summed E-state index contributed by atoms with van der Waals surface area (Å²) in [7, 11) is 1.30. The third-order valence-electron chi connectivity index (χ3n) is 3.05. The van der Waals surface area contributed by atoms with E-state index < -0.39 is 11.8 Å². The summed E-state index contributed by atoms with van der Waals surface area (Å²) >= 11 is 0. The highest BCUT2D eigenvalue weighted by molar-refractivity contribution is 5.90. The smallest absolute Gasteiger partial charge is 0.337 e. The summed E-state index contributed by atoms with van der Waals surface area (Å²) in [5.74, 6) is -0.877. The zero-order chi connectivity index (χ0) is 14.5. The van der Waals surface area contributed by atoms with E-state index in [1.54, 1.807) is 0 Å². The Bertz CT molecular complexity index is 608. The first kappa shape index (κ1) is 14.1. The molecular weight excluding hydrogens is 259 g/mol. The van der Waals surface area contributed by atoms with Crippen LogP contribution in [0.15, 0.2) is 36.7 Å². The van der Waals surface area contributed by atoms with Gasteiger partial charge in [0, 0.05) is 25.5 Å². The molecule has 0 saturated carbocycles. The van der Waals surface area contributed by atoms with Gasteiger partial charge in [-0.3, -0.25) is 0 Å². The number of rotatable bonds is 5. The van der Waals surface area contributed by atoms with E-state index in [1.807, 2.05) is 23.0 Å². The topological polar surface area (TPSA) is 43.3 Å². The molecule has 0 bridgehead atoms. The van der Waals surface area contributed by atoms with Crippen LogP contribution in [0.3, 0.4) is 0 Å². The SMILES string of the molecule is CCn1ccc(CNc2cc(C(=O)OC)ccc2F)c1. The molecule has 0 aliphatic rings. The Kier molecular flexibility index (Phi) is 4.40. The summed E-state index contributed by atoms with van der Waals surface area (Å²) in [5, 5.41) is 2.99. The van der Waals surface area contributed by atoms with Gasteiger partial charge >= 0.3 is 5.97 Å². The molecule has 0 radical (unpaired) electrons. The summed E-state index contributed by atoms with van der Waals surface area (Å²) in [6, 6.07) is 6.09. The van der Waals surface area contributed by atoms with Gasteiger partial charge in [-0.2, -0.15) is 0 Å². The second-order valence-corrected chi connectivity index (χ2v) is 4.39. The minimum Gasteiger partial charge on any atom is -0.465 e. The maximum atomic E-state index is 13.7. The first-order valence-electron chi connectivity index (χ1n) is 6.40. The molecule has 1 N–H and O–H groups in total. The van der Waals surface area contributed by atoms with Crippen LogP contribution >= 0.6 is 0 Å². The number of hydrogen-bond donors (Lipinski definition) is 1. The Morgan fingerprint density at radius 1 is 1.40 bits per heavy atom. The summed E-state index contributed by atoms with van der Waals surface area (Å²) in [6.07, 6.45) is 3.97. The zero-order valence-corrected chi connectivity index (χ0v) is 11.5. The third-order valence-corrected chi connectivity index (χ3v) is 3.05. The maximum absolute atomic E-state index is 13.7. The molecule has 0 atom stereocenters. The molecule has 0 aliphatic heterocycles. The van der Waals surface area contributed by atoms with Crippen LogP contribution in [0, 0.1) is 5.82 Å². The molecule has 0 fully saturated rings. The third kappa shape index (κ3) is 3.17. The molecule has 2 rings (SSSR count). The van der Waals surface area contributed by atoms with Crippen molar-refractivity contribution in [2.75, 3.05) is 12.4 Å². The lowest BCUT2D eigenvalue weighted by Crippen LogP contribution is -2.05. The van der Waals surface area contributed by atoms with Crippen LogP contribution in [0.2, 0.25) is 0 Å². The number of aromatic nitrogens is 1. The highest BCUT2D eigenvalue weighted by Gasteiger charge is 2.09. The standard InChI is InChI=1S/C15H17FN2O2/c1-3-18-7-6-11(10-18)9-17-14-8-12(15(19)20-2)4-5-13(14)16/h4-8,10,17H,3,9H2,1-2H3. The Labute approximate surface area is 117 Å². The van der Waals surface area contributed by atoms with E-state index in [2.05, 4.69) is 17.0 Å². The number of benzene rings is 1. The van der Waals surface area contributed by atoms with Crippen LogP contribution in [0.1, 0.15) is 22.8 Å². The van der Waals surface area contributed by atoms with Crippen molar-refractivity contribution >= 4 is 11.7 Å². The summed E-state index contributed by atoms with van der Waals surface area (Å²) in [6.45, 7) is 3.44. The number of anilines is 1. The van der Waals surface area contributed by atoms with Crippen LogP contribution in [-0.2, 0) is 17.8 Å². The monoisotopic (exact) mass is 276 g/mol. The number of esters is 1. The molecule has 0 unspecified atom stereocenters. The van der Waals surface area contributed by atoms with Crippen molar-refractivity contribution in [3.63, 3.8) is 0 Å². The van der Waals surface area contributed by atoms with Gasteiger partial charge in [0.1, 0.15) is 5.82 Å². The minimum absolute atomic E-state index is 0.289. The van der Waals surface area contributed by atoms with E-state index >= 15 is 0 Å². The van der Waals surface area contributed by atoms with Gasteiger partial charge in [0.25, 0.3) is 0 Å². The van der Waals surface area contributed by atoms with Crippen LogP contribution in [0.4, 0.5) is 10.1 Å². The van der Waals surface area contributed by atoms with Crippen molar-refractivity contribution < 1.29 is 13.9 Å². The lowest BCUT2D eigenvalue weighted by molar-refractivity contribution is 0.0600. The van der Waals surface area contributed by atoms with Crippen LogP contribution in [0.5, 0.6) is 0 Å². The first-order chi connectivity index (χ1) is 9.63. The summed E-state index contributed by atoms with van der Waals surface area (Å²) in [4.78, 5) is 11.4. The van der Waals surface area contributed by atoms with Crippen LogP contribution in [-0.4, -0.2) is 17.6 Å². The molecule has 0 saturated heterocycles. The highest BCUT2D eigenvalue weighted by Crippen LogP contribution is 2.18. The summed E-state index contributed by atoms with van der Waals surface area (Å²) in [5.41, 5.74) is 1.66. The average molecular weight is 276 g/mol. The fourth-order valence-electron chi connectivity index (χ4n) is 1.89. The molecule has 4 nitrogen and oxygen atoms in total. The Hall–Kier alpha value is -2.30. The lowest BCUT2D eigenvalue weighted by atomic mass is 10.2. The number of aryl methyl sites for hydroxylation is 1. The van der Waals surface area contributed by atoms with E-state index in [9.17, 15) is 9.18 Å². The van der Waals surface area contributed by atoms with Gasteiger partial charge in [0.15, 0.2) is 0 Å². The maximum Gasteiger partial charge on any atom is 0.337 e. The molecule has 0 aliphatic carbocycles. The fourth-order valence-corrected chi connectivity index (χ4v) is 1.89. The van der Waals surface area contributed by atoms with Crippen LogP contribution in [0.25, 0.3) is 0 Å². The normalized spacial score (nSPS) is 10.3. The van der Waals surface area contributed by atoms with Crippen molar-refractivity contribution in [1.82, 2.24) is 4.57 Å². The number of carbonyl (C=O) groups excluding carboxylic acids is 1. The number of carbonyl (C=O) groups is 1. The molecule has 106 valence electrons. The molecule has 0 spiro atoms.